The minimum absolute atomic E-state index is 0.0164. The quantitative estimate of drug-likeness (QED) is 0.915. The van der Waals surface area contributed by atoms with Crippen LogP contribution in [0, 0.1) is 12.8 Å². The Hall–Kier alpha value is -2.36. The summed E-state index contributed by atoms with van der Waals surface area (Å²) in [5.41, 5.74) is 4.34. The van der Waals surface area contributed by atoms with E-state index in [1.54, 1.807) is 6.20 Å². The Labute approximate surface area is 143 Å². The molecule has 1 aromatic heterocycles. The zero-order chi connectivity index (χ0) is 17.1. The number of fused-ring (bicyclic) bond motifs is 1. The normalized spacial score (nSPS) is 17.0. The molecular formula is C20H24N2O2. The molecule has 4 nitrogen and oxygen atoms in total. The summed E-state index contributed by atoms with van der Waals surface area (Å²) in [7, 11) is 0. The monoisotopic (exact) mass is 324 g/mol. The van der Waals surface area contributed by atoms with E-state index in [9.17, 15) is 4.79 Å². The lowest BCUT2D eigenvalue weighted by Crippen LogP contribution is -2.37. The summed E-state index contributed by atoms with van der Waals surface area (Å²) in [5.74, 6) is 1.04. The summed E-state index contributed by atoms with van der Waals surface area (Å²) >= 11 is 0. The van der Waals surface area contributed by atoms with Gasteiger partial charge in [-0.05, 0) is 42.7 Å². The largest absolute Gasteiger partial charge is 0.487 e. The fourth-order valence-electron chi connectivity index (χ4n) is 2.99. The van der Waals surface area contributed by atoms with E-state index < -0.39 is 0 Å². The summed E-state index contributed by atoms with van der Waals surface area (Å²) in [6.45, 7) is 6.60. The van der Waals surface area contributed by atoms with Crippen LogP contribution in [0.1, 0.15) is 31.4 Å². The summed E-state index contributed by atoms with van der Waals surface area (Å²) in [6.07, 6.45) is 3.44. The van der Waals surface area contributed by atoms with Gasteiger partial charge in [0.05, 0.1) is 12.2 Å². The van der Waals surface area contributed by atoms with Crippen LogP contribution in [0.5, 0.6) is 5.75 Å². The lowest BCUT2D eigenvalue weighted by Gasteiger charge is -2.15. The SMILES string of the molecule is CCC(C)C(=O)NCC1Cc2cc(C)cc(-c3ccccn3)c2O1. The second-order valence-electron chi connectivity index (χ2n) is 6.51. The van der Waals surface area contributed by atoms with E-state index in [2.05, 4.69) is 29.4 Å². The first kappa shape index (κ1) is 16.5. The third-order valence-electron chi connectivity index (χ3n) is 4.55. The van der Waals surface area contributed by atoms with Crippen LogP contribution in [0.3, 0.4) is 0 Å². The molecule has 0 spiro atoms. The lowest BCUT2D eigenvalue weighted by molar-refractivity contribution is -0.124. The molecule has 0 saturated heterocycles. The minimum Gasteiger partial charge on any atom is -0.487 e. The smallest absolute Gasteiger partial charge is 0.222 e. The van der Waals surface area contributed by atoms with Crippen molar-refractivity contribution in [2.24, 2.45) is 5.92 Å². The molecule has 2 aromatic rings. The topological polar surface area (TPSA) is 51.2 Å². The Balaban J connectivity index is 1.76. The van der Waals surface area contributed by atoms with Gasteiger partial charge in [0.25, 0.3) is 0 Å². The van der Waals surface area contributed by atoms with Gasteiger partial charge < -0.3 is 10.1 Å². The van der Waals surface area contributed by atoms with Crippen molar-refractivity contribution >= 4 is 5.91 Å². The first-order valence-electron chi connectivity index (χ1n) is 8.57. The molecule has 3 rings (SSSR count). The van der Waals surface area contributed by atoms with Gasteiger partial charge in [0.1, 0.15) is 11.9 Å². The number of amides is 1. The summed E-state index contributed by atoms with van der Waals surface area (Å²) in [4.78, 5) is 16.4. The van der Waals surface area contributed by atoms with Crippen molar-refractivity contribution in [1.29, 1.82) is 0 Å². The second kappa shape index (κ2) is 7.04. The molecule has 24 heavy (non-hydrogen) atoms. The molecule has 0 saturated carbocycles. The Kier molecular flexibility index (Phi) is 4.84. The fourth-order valence-corrected chi connectivity index (χ4v) is 2.99. The Morgan fingerprint density at radius 2 is 2.25 bits per heavy atom. The van der Waals surface area contributed by atoms with E-state index in [1.807, 2.05) is 32.0 Å². The highest BCUT2D eigenvalue weighted by Gasteiger charge is 2.27. The van der Waals surface area contributed by atoms with Crippen LogP contribution in [0.2, 0.25) is 0 Å². The van der Waals surface area contributed by atoms with Crippen LogP contribution in [-0.2, 0) is 11.2 Å². The molecule has 2 atom stereocenters. The fraction of sp³-hybridized carbons (Fsp3) is 0.400. The van der Waals surface area contributed by atoms with Crippen LogP contribution in [0.25, 0.3) is 11.3 Å². The maximum Gasteiger partial charge on any atom is 0.222 e. The van der Waals surface area contributed by atoms with Crippen LogP contribution in [0.15, 0.2) is 36.5 Å². The van der Waals surface area contributed by atoms with Gasteiger partial charge in [-0.2, -0.15) is 0 Å². The molecule has 2 heterocycles. The molecule has 0 aliphatic carbocycles. The van der Waals surface area contributed by atoms with E-state index >= 15 is 0 Å². The van der Waals surface area contributed by atoms with E-state index in [4.69, 9.17) is 4.74 Å². The number of rotatable bonds is 5. The Bertz CT molecular complexity index is 728. The van der Waals surface area contributed by atoms with Gasteiger partial charge in [0, 0.05) is 24.1 Å². The first-order valence-corrected chi connectivity index (χ1v) is 8.57. The standard InChI is InChI=1S/C20H24N2O2/c1-4-14(3)20(23)22-12-16-11-15-9-13(2)10-17(19(15)24-16)18-7-5-6-8-21-18/h5-10,14,16H,4,11-12H2,1-3H3,(H,22,23). The second-order valence-corrected chi connectivity index (χ2v) is 6.51. The van der Waals surface area contributed by atoms with E-state index in [0.29, 0.717) is 6.54 Å². The molecular weight excluding hydrogens is 300 g/mol. The zero-order valence-electron chi connectivity index (χ0n) is 14.5. The van der Waals surface area contributed by atoms with Gasteiger partial charge in [-0.3, -0.25) is 9.78 Å². The molecule has 1 aliphatic heterocycles. The van der Waals surface area contributed by atoms with Gasteiger partial charge in [-0.15, -0.1) is 0 Å². The lowest BCUT2D eigenvalue weighted by atomic mass is 10.0. The molecule has 0 fully saturated rings. The van der Waals surface area contributed by atoms with E-state index in [0.717, 1.165) is 29.8 Å². The van der Waals surface area contributed by atoms with Gasteiger partial charge in [-0.1, -0.05) is 26.0 Å². The van der Waals surface area contributed by atoms with Crippen LogP contribution in [0.4, 0.5) is 0 Å². The van der Waals surface area contributed by atoms with Crippen molar-refractivity contribution in [3.8, 4) is 17.0 Å². The zero-order valence-corrected chi connectivity index (χ0v) is 14.5. The summed E-state index contributed by atoms with van der Waals surface area (Å²) in [5, 5.41) is 3.00. The third kappa shape index (κ3) is 3.42. The van der Waals surface area contributed by atoms with Gasteiger partial charge in [-0.25, -0.2) is 0 Å². The molecule has 1 aliphatic rings. The number of ether oxygens (including phenoxy) is 1. The van der Waals surface area contributed by atoms with Crippen molar-refractivity contribution in [2.75, 3.05) is 6.54 Å². The highest BCUT2D eigenvalue weighted by molar-refractivity contribution is 5.78. The number of aromatic nitrogens is 1. The Morgan fingerprint density at radius 1 is 1.42 bits per heavy atom. The maximum absolute atomic E-state index is 12.0. The van der Waals surface area contributed by atoms with E-state index in [1.165, 1.54) is 11.1 Å². The molecule has 1 N–H and O–H groups in total. The molecule has 1 aromatic carbocycles. The molecule has 4 heteroatoms. The number of carbonyl (C=O) groups is 1. The summed E-state index contributed by atoms with van der Waals surface area (Å²) in [6, 6.07) is 10.2. The number of benzene rings is 1. The van der Waals surface area contributed by atoms with Crippen molar-refractivity contribution in [2.45, 2.75) is 39.7 Å². The number of hydrogen-bond acceptors (Lipinski definition) is 3. The number of pyridine rings is 1. The molecule has 2 unspecified atom stereocenters. The third-order valence-corrected chi connectivity index (χ3v) is 4.55. The van der Waals surface area contributed by atoms with Crippen LogP contribution < -0.4 is 10.1 Å². The average Bonchev–Trinajstić information content (AvgIpc) is 3.01. The number of hydrogen-bond donors (Lipinski definition) is 1. The Morgan fingerprint density at radius 3 is 2.96 bits per heavy atom. The highest BCUT2D eigenvalue weighted by atomic mass is 16.5. The highest BCUT2D eigenvalue weighted by Crippen LogP contribution is 2.39. The van der Waals surface area contributed by atoms with Gasteiger partial charge in [0.15, 0.2) is 0 Å². The molecule has 126 valence electrons. The number of carbonyl (C=O) groups excluding carboxylic acids is 1. The minimum atomic E-state index is -0.0164. The number of aryl methyl sites for hydroxylation is 1. The van der Waals surface area contributed by atoms with E-state index in [-0.39, 0.29) is 17.9 Å². The summed E-state index contributed by atoms with van der Waals surface area (Å²) < 4.78 is 6.16. The molecule has 1 amide bonds. The van der Waals surface area contributed by atoms with Crippen molar-refractivity contribution < 1.29 is 9.53 Å². The number of nitrogens with zero attached hydrogens (tertiary/aromatic N) is 1. The molecule has 0 radical (unpaired) electrons. The first-order chi connectivity index (χ1) is 11.6. The van der Waals surface area contributed by atoms with Crippen molar-refractivity contribution in [1.82, 2.24) is 10.3 Å². The maximum atomic E-state index is 12.0. The number of nitrogens with one attached hydrogen (secondary N) is 1. The van der Waals surface area contributed by atoms with Crippen molar-refractivity contribution in [3.63, 3.8) is 0 Å². The van der Waals surface area contributed by atoms with Crippen LogP contribution in [-0.4, -0.2) is 23.5 Å². The predicted molar refractivity (Wildman–Crippen MR) is 95.0 cm³/mol. The van der Waals surface area contributed by atoms with Gasteiger partial charge in [0.2, 0.25) is 5.91 Å². The molecule has 0 bridgehead atoms. The van der Waals surface area contributed by atoms with Gasteiger partial charge >= 0.3 is 0 Å². The van der Waals surface area contributed by atoms with Crippen LogP contribution >= 0.6 is 0 Å². The predicted octanol–water partition coefficient (Wildman–Crippen LogP) is 3.52. The van der Waals surface area contributed by atoms with Crippen molar-refractivity contribution in [3.05, 3.63) is 47.7 Å². The average molecular weight is 324 g/mol.